The van der Waals surface area contributed by atoms with Crippen LogP contribution in [0.2, 0.25) is 0 Å². The molecule has 3 aromatic rings. The number of pyridine rings is 1. The number of aliphatic imine (C=N–C) groups is 1. The second kappa shape index (κ2) is 5.13. The van der Waals surface area contributed by atoms with Crippen LogP contribution in [0, 0.1) is 6.92 Å². The van der Waals surface area contributed by atoms with E-state index in [0.29, 0.717) is 11.4 Å². The van der Waals surface area contributed by atoms with Crippen LogP contribution in [-0.4, -0.2) is 16.3 Å². The molecule has 98 valence electrons. The molecule has 0 bridgehead atoms. The van der Waals surface area contributed by atoms with E-state index in [2.05, 4.69) is 9.98 Å². The van der Waals surface area contributed by atoms with E-state index >= 15 is 0 Å². The van der Waals surface area contributed by atoms with E-state index in [1.165, 1.54) is 0 Å². The van der Waals surface area contributed by atoms with Crippen LogP contribution in [0.4, 0.5) is 5.82 Å². The van der Waals surface area contributed by atoms with Crippen LogP contribution in [0.5, 0.6) is 5.75 Å². The minimum Gasteiger partial charge on any atom is -0.507 e. The SMILES string of the molecule is Cc1cccnc1N=Cc1c(O)ccc2ccccc12. The summed E-state index contributed by atoms with van der Waals surface area (Å²) in [7, 11) is 0. The molecule has 3 heteroatoms. The van der Waals surface area contributed by atoms with Crippen molar-refractivity contribution in [3.8, 4) is 5.75 Å². The number of aromatic hydroxyl groups is 1. The molecule has 0 atom stereocenters. The molecule has 3 rings (SSSR count). The number of phenolic OH excluding ortho intramolecular Hbond substituents is 1. The zero-order chi connectivity index (χ0) is 13.9. The van der Waals surface area contributed by atoms with Gasteiger partial charge < -0.3 is 5.11 Å². The molecule has 0 unspecified atom stereocenters. The number of phenols is 1. The second-order valence-electron chi connectivity index (χ2n) is 4.62. The molecule has 0 radical (unpaired) electrons. The minimum absolute atomic E-state index is 0.223. The van der Waals surface area contributed by atoms with Crippen molar-refractivity contribution >= 4 is 22.8 Å². The number of fused-ring (bicyclic) bond motifs is 1. The Kier molecular flexibility index (Phi) is 3.17. The highest BCUT2D eigenvalue weighted by Gasteiger charge is 2.04. The number of aryl methyl sites for hydroxylation is 1. The van der Waals surface area contributed by atoms with Gasteiger partial charge in [0, 0.05) is 18.0 Å². The van der Waals surface area contributed by atoms with E-state index < -0.39 is 0 Å². The Morgan fingerprint density at radius 2 is 1.90 bits per heavy atom. The van der Waals surface area contributed by atoms with E-state index in [9.17, 15) is 5.11 Å². The van der Waals surface area contributed by atoms with Gasteiger partial charge in [0.05, 0.1) is 0 Å². The fraction of sp³-hybridized carbons (Fsp3) is 0.0588. The average molecular weight is 262 g/mol. The average Bonchev–Trinajstić information content (AvgIpc) is 2.48. The normalized spacial score (nSPS) is 11.2. The third kappa shape index (κ3) is 2.26. The molecule has 0 aliphatic heterocycles. The lowest BCUT2D eigenvalue weighted by molar-refractivity contribution is 0.475. The van der Waals surface area contributed by atoms with Crippen molar-refractivity contribution in [3.05, 3.63) is 65.9 Å². The van der Waals surface area contributed by atoms with E-state index in [0.717, 1.165) is 16.3 Å². The number of hydrogen-bond donors (Lipinski definition) is 1. The summed E-state index contributed by atoms with van der Waals surface area (Å²) in [6, 6.07) is 15.3. The van der Waals surface area contributed by atoms with Crippen molar-refractivity contribution in [1.82, 2.24) is 4.98 Å². The van der Waals surface area contributed by atoms with E-state index in [1.807, 2.05) is 49.4 Å². The topological polar surface area (TPSA) is 45.5 Å². The molecular formula is C17H14N2O. The van der Waals surface area contributed by atoms with Crippen LogP contribution in [0.25, 0.3) is 10.8 Å². The number of rotatable bonds is 2. The predicted octanol–water partition coefficient (Wildman–Crippen LogP) is 4.00. The highest BCUT2D eigenvalue weighted by molar-refractivity contribution is 6.02. The fourth-order valence-corrected chi connectivity index (χ4v) is 2.16. The Hall–Kier alpha value is -2.68. The summed E-state index contributed by atoms with van der Waals surface area (Å²) in [4.78, 5) is 8.61. The zero-order valence-corrected chi connectivity index (χ0v) is 11.1. The van der Waals surface area contributed by atoms with Crippen LogP contribution in [0.3, 0.4) is 0 Å². The molecule has 3 nitrogen and oxygen atoms in total. The maximum atomic E-state index is 10.0. The molecule has 20 heavy (non-hydrogen) atoms. The van der Waals surface area contributed by atoms with E-state index in [1.54, 1.807) is 18.5 Å². The van der Waals surface area contributed by atoms with Crippen LogP contribution < -0.4 is 0 Å². The van der Waals surface area contributed by atoms with Gasteiger partial charge in [-0.05, 0) is 35.4 Å². The Morgan fingerprint density at radius 1 is 1.05 bits per heavy atom. The lowest BCUT2D eigenvalue weighted by atomic mass is 10.0. The summed E-state index contributed by atoms with van der Waals surface area (Å²) in [6.07, 6.45) is 3.38. The Labute approximate surface area is 117 Å². The van der Waals surface area contributed by atoms with Crippen molar-refractivity contribution in [1.29, 1.82) is 0 Å². The maximum Gasteiger partial charge on any atom is 0.154 e. The molecule has 0 fully saturated rings. The standard InChI is InChI=1S/C17H14N2O/c1-12-5-4-10-18-17(12)19-11-15-14-7-3-2-6-13(14)8-9-16(15)20/h2-11,20H,1H3. The number of aromatic nitrogens is 1. The highest BCUT2D eigenvalue weighted by Crippen LogP contribution is 2.26. The predicted molar refractivity (Wildman–Crippen MR) is 81.8 cm³/mol. The number of hydrogen-bond acceptors (Lipinski definition) is 3. The maximum absolute atomic E-state index is 10.0. The zero-order valence-electron chi connectivity index (χ0n) is 11.1. The van der Waals surface area contributed by atoms with Gasteiger partial charge in [0.1, 0.15) is 5.75 Å². The van der Waals surface area contributed by atoms with Gasteiger partial charge >= 0.3 is 0 Å². The lowest BCUT2D eigenvalue weighted by Gasteiger charge is -2.04. The second-order valence-corrected chi connectivity index (χ2v) is 4.62. The molecule has 0 spiro atoms. The van der Waals surface area contributed by atoms with Crippen molar-refractivity contribution in [3.63, 3.8) is 0 Å². The quantitative estimate of drug-likeness (QED) is 0.709. The number of benzene rings is 2. The van der Waals surface area contributed by atoms with Gasteiger partial charge in [-0.25, -0.2) is 9.98 Å². The molecule has 0 aliphatic carbocycles. The lowest BCUT2D eigenvalue weighted by Crippen LogP contribution is -1.87. The Morgan fingerprint density at radius 3 is 2.75 bits per heavy atom. The summed E-state index contributed by atoms with van der Waals surface area (Å²) in [5.41, 5.74) is 1.72. The molecular weight excluding hydrogens is 248 g/mol. The van der Waals surface area contributed by atoms with Crippen molar-refractivity contribution in [2.24, 2.45) is 4.99 Å². The molecule has 0 saturated carbocycles. The van der Waals surface area contributed by atoms with Crippen LogP contribution in [0.15, 0.2) is 59.7 Å². The molecule has 0 amide bonds. The van der Waals surface area contributed by atoms with Gasteiger partial charge in [-0.2, -0.15) is 0 Å². The van der Waals surface area contributed by atoms with E-state index in [4.69, 9.17) is 0 Å². The van der Waals surface area contributed by atoms with Gasteiger partial charge in [-0.1, -0.05) is 36.4 Å². The first-order valence-electron chi connectivity index (χ1n) is 6.42. The summed E-state index contributed by atoms with van der Waals surface area (Å²) in [6.45, 7) is 1.96. The first kappa shape index (κ1) is 12.4. The summed E-state index contributed by atoms with van der Waals surface area (Å²) in [5, 5.41) is 12.1. The first-order chi connectivity index (χ1) is 9.75. The largest absolute Gasteiger partial charge is 0.507 e. The van der Waals surface area contributed by atoms with Crippen molar-refractivity contribution < 1.29 is 5.11 Å². The van der Waals surface area contributed by atoms with Crippen molar-refractivity contribution in [2.45, 2.75) is 6.92 Å². The van der Waals surface area contributed by atoms with Gasteiger partial charge in [0.15, 0.2) is 5.82 Å². The van der Waals surface area contributed by atoms with Gasteiger partial charge in [0.25, 0.3) is 0 Å². The summed E-state index contributed by atoms with van der Waals surface area (Å²) < 4.78 is 0. The van der Waals surface area contributed by atoms with Crippen LogP contribution in [0.1, 0.15) is 11.1 Å². The highest BCUT2D eigenvalue weighted by atomic mass is 16.3. The third-order valence-corrected chi connectivity index (χ3v) is 3.25. The fourth-order valence-electron chi connectivity index (χ4n) is 2.16. The minimum atomic E-state index is 0.223. The summed E-state index contributed by atoms with van der Waals surface area (Å²) in [5.74, 6) is 0.890. The smallest absolute Gasteiger partial charge is 0.154 e. The Bertz CT molecular complexity index is 794. The van der Waals surface area contributed by atoms with Crippen LogP contribution >= 0.6 is 0 Å². The van der Waals surface area contributed by atoms with Gasteiger partial charge in [-0.3, -0.25) is 0 Å². The summed E-state index contributed by atoms with van der Waals surface area (Å²) >= 11 is 0. The first-order valence-corrected chi connectivity index (χ1v) is 6.42. The number of nitrogens with zero attached hydrogens (tertiary/aromatic N) is 2. The molecule has 0 aliphatic rings. The molecule has 2 aromatic carbocycles. The molecule has 1 heterocycles. The molecule has 1 aromatic heterocycles. The monoisotopic (exact) mass is 262 g/mol. The molecule has 0 saturated heterocycles. The molecule has 1 N–H and O–H groups in total. The van der Waals surface area contributed by atoms with Crippen molar-refractivity contribution in [2.75, 3.05) is 0 Å². The van der Waals surface area contributed by atoms with Crippen LogP contribution in [-0.2, 0) is 0 Å². The van der Waals surface area contributed by atoms with Gasteiger partial charge in [0.2, 0.25) is 0 Å². The Balaban J connectivity index is 2.11. The van der Waals surface area contributed by atoms with Gasteiger partial charge in [-0.15, -0.1) is 0 Å². The third-order valence-electron chi connectivity index (χ3n) is 3.25. The van der Waals surface area contributed by atoms with E-state index in [-0.39, 0.29) is 5.75 Å².